The first-order chi connectivity index (χ1) is 9.61. The molecule has 1 saturated heterocycles. The summed E-state index contributed by atoms with van der Waals surface area (Å²) in [7, 11) is 0. The Bertz CT molecular complexity index is 625. The molecule has 1 aliphatic rings. The zero-order chi connectivity index (χ0) is 14.3. The van der Waals surface area contributed by atoms with E-state index in [1.807, 2.05) is 43.3 Å². The molecule has 4 atom stereocenters. The third kappa shape index (κ3) is 2.11. The molecule has 1 heterocycles. The molecule has 0 aliphatic carbocycles. The molecule has 1 unspecified atom stereocenters. The zero-order valence-electron chi connectivity index (χ0n) is 11.2. The molecule has 3 rings (SSSR count). The van der Waals surface area contributed by atoms with E-state index in [9.17, 15) is 10.2 Å². The summed E-state index contributed by atoms with van der Waals surface area (Å²) in [5.74, 6) is 0. The van der Waals surface area contributed by atoms with Gasteiger partial charge >= 0.3 is 0 Å². The van der Waals surface area contributed by atoms with E-state index in [-0.39, 0.29) is 6.61 Å². The van der Waals surface area contributed by atoms with E-state index in [4.69, 9.17) is 9.84 Å². The van der Waals surface area contributed by atoms with Gasteiger partial charge in [-0.25, -0.2) is 0 Å². The second-order valence-corrected chi connectivity index (χ2v) is 5.31. The molecule has 0 radical (unpaired) electrons. The van der Waals surface area contributed by atoms with Crippen molar-refractivity contribution in [2.45, 2.75) is 31.3 Å². The van der Waals surface area contributed by atoms with Gasteiger partial charge in [0, 0.05) is 0 Å². The van der Waals surface area contributed by atoms with Crippen LogP contribution in [0.5, 0.6) is 0 Å². The van der Waals surface area contributed by atoms with Gasteiger partial charge in [0.1, 0.15) is 24.4 Å². The van der Waals surface area contributed by atoms with Gasteiger partial charge in [-0.3, -0.25) is 0 Å². The fourth-order valence-electron chi connectivity index (χ4n) is 2.83. The predicted molar refractivity (Wildman–Crippen MR) is 75.4 cm³/mol. The van der Waals surface area contributed by atoms with E-state index in [0.29, 0.717) is 0 Å². The van der Waals surface area contributed by atoms with Crippen molar-refractivity contribution in [1.29, 1.82) is 0 Å². The number of benzene rings is 2. The molecular formula is C16H18O4. The van der Waals surface area contributed by atoms with E-state index in [2.05, 4.69) is 0 Å². The molecule has 0 amide bonds. The molecular weight excluding hydrogens is 256 g/mol. The van der Waals surface area contributed by atoms with Crippen LogP contribution in [0.2, 0.25) is 0 Å². The van der Waals surface area contributed by atoms with Crippen molar-refractivity contribution < 1.29 is 20.1 Å². The summed E-state index contributed by atoms with van der Waals surface area (Å²) < 4.78 is 5.60. The van der Waals surface area contributed by atoms with Crippen LogP contribution in [0.1, 0.15) is 17.2 Å². The Morgan fingerprint density at radius 2 is 1.70 bits per heavy atom. The molecule has 20 heavy (non-hydrogen) atoms. The second-order valence-electron chi connectivity index (χ2n) is 5.31. The van der Waals surface area contributed by atoms with Crippen molar-refractivity contribution in [3.05, 3.63) is 47.5 Å². The number of aliphatic hydroxyl groups excluding tert-OH is 3. The average molecular weight is 274 g/mol. The Morgan fingerprint density at radius 1 is 1.05 bits per heavy atom. The molecule has 0 aromatic heterocycles. The standard InChI is InChI=1S/C16H18O4/c1-9-6-10-4-2-3-5-11(10)7-12(9)16-15(19)14(18)13(8-17)20-16/h2-7,13-19H,8H2,1H3/t13-,14+,15?,16+/m1/s1. The van der Waals surface area contributed by atoms with Crippen LogP contribution in [-0.2, 0) is 4.74 Å². The van der Waals surface area contributed by atoms with Gasteiger partial charge in [-0.15, -0.1) is 0 Å². The van der Waals surface area contributed by atoms with E-state index in [1.54, 1.807) is 0 Å². The quantitative estimate of drug-likeness (QED) is 0.772. The summed E-state index contributed by atoms with van der Waals surface area (Å²) in [5.41, 5.74) is 1.85. The van der Waals surface area contributed by atoms with Crippen LogP contribution in [0.4, 0.5) is 0 Å². The lowest BCUT2D eigenvalue weighted by atomic mass is 9.94. The van der Waals surface area contributed by atoms with Gasteiger partial charge in [0.25, 0.3) is 0 Å². The van der Waals surface area contributed by atoms with Gasteiger partial charge in [-0.05, 0) is 34.9 Å². The van der Waals surface area contributed by atoms with Crippen LogP contribution < -0.4 is 0 Å². The van der Waals surface area contributed by atoms with Crippen molar-refractivity contribution in [3.8, 4) is 0 Å². The smallest absolute Gasteiger partial charge is 0.113 e. The molecule has 4 nitrogen and oxygen atoms in total. The maximum Gasteiger partial charge on any atom is 0.113 e. The monoisotopic (exact) mass is 274 g/mol. The maximum atomic E-state index is 10.1. The topological polar surface area (TPSA) is 69.9 Å². The number of aliphatic hydroxyl groups is 3. The molecule has 3 N–H and O–H groups in total. The maximum absolute atomic E-state index is 10.1. The lowest BCUT2D eigenvalue weighted by Gasteiger charge is -2.18. The molecule has 1 aliphatic heterocycles. The predicted octanol–water partition coefficient (Wildman–Crippen LogP) is 1.30. The van der Waals surface area contributed by atoms with Crippen molar-refractivity contribution in [1.82, 2.24) is 0 Å². The van der Waals surface area contributed by atoms with Gasteiger partial charge in [0.2, 0.25) is 0 Å². The second kappa shape index (κ2) is 5.14. The van der Waals surface area contributed by atoms with Crippen LogP contribution in [0.3, 0.4) is 0 Å². The molecule has 2 aromatic rings. The number of hydrogen-bond acceptors (Lipinski definition) is 4. The Hall–Kier alpha value is -1.46. The number of hydrogen-bond donors (Lipinski definition) is 3. The SMILES string of the molecule is Cc1cc2ccccc2cc1[C@@H]1O[C@H](CO)[C@H](O)C1O. The molecule has 0 saturated carbocycles. The van der Waals surface area contributed by atoms with Crippen molar-refractivity contribution >= 4 is 10.8 Å². The normalized spacial score (nSPS) is 30.0. The molecule has 0 bridgehead atoms. The Kier molecular flexibility index (Phi) is 3.48. The van der Waals surface area contributed by atoms with Gasteiger partial charge in [0.15, 0.2) is 0 Å². The van der Waals surface area contributed by atoms with Crippen LogP contribution in [0.25, 0.3) is 10.8 Å². The minimum Gasteiger partial charge on any atom is -0.394 e. The van der Waals surface area contributed by atoms with Crippen LogP contribution in [-0.4, -0.2) is 40.2 Å². The van der Waals surface area contributed by atoms with Crippen LogP contribution in [0, 0.1) is 6.92 Å². The van der Waals surface area contributed by atoms with Crippen LogP contribution >= 0.6 is 0 Å². The highest BCUT2D eigenvalue weighted by molar-refractivity contribution is 5.84. The highest BCUT2D eigenvalue weighted by Crippen LogP contribution is 2.36. The summed E-state index contributed by atoms with van der Waals surface area (Å²) in [6.45, 7) is 1.65. The molecule has 0 spiro atoms. The summed E-state index contributed by atoms with van der Waals surface area (Å²) in [5, 5.41) is 31.3. The highest BCUT2D eigenvalue weighted by Gasteiger charge is 2.43. The first-order valence-electron chi connectivity index (χ1n) is 6.73. The van der Waals surface area contributed by atoms with Crippen molar-refractivity contribution in [2.24, 2.45) is 0 Å². The molecule has 106 valence electrons. The Balaban J connectivity index is 2.04. The molecule has 2 aromatic carbocycles. The zero-order valence-corrected chi connectivity index (χ0v) is 11.2. The van der Waals surface area contributed by atoms with E-state index >= 15 is 0 Å². The van der Waals surface area contributed by atoms with Gasteiger partial charge in [-0.1, -0.05) is 30.3 Å². The van der Waals surface area contributed by atoms with E-state index < -0.39 is 24.4 Å². The third-order valence-corrected chi connectivity index (χ3v) is 3.98. The number of aryl methyl sites for hydroxylation is 1. The van der Waals surface area contributed by atoms with Crippen molar-refractivity contribution in [2.75, 3.05) is 6.61 Å². The summed E-state index contributed by atoms with van der Waals surface area (Å²) in [6.07, 6.45) is -3.42. The van der Waals surface area contributed by atoms with Crippen LogP contribution in [0.15, 0.2) is 36.4 Å². The van der Waals surface area contributed by atoms with Gasteiger partial charge < -0.3 is 20.1 Å². The minimum atomic E-state index is -1.06. The molecule has 4 heteroatoms. The summed E-state index contributed by atoms with van der Waals surface area (Å²) in [4.78, 5) is 0. The van der Waals surface area contributed by atoms with Gasteiger partial charge in [0.05, 0.1) is 6.61 Å². The summed E-state index contributed by atoms with van der Waals surface area (Å²) in [6, 6.07) is 12.0. The fourth-order valence-corrected chi connectivity index (χ4v) is 2.83. The first-order valence-corrected chi connectivity index (χ1v) is 6.73. The van der Waals surface area contributed by atoms with E-state index in [0.717, 1.165) is 21.9 Å². The lowest BCUT2D eigenvalue weighted by molar-refractivity contribution is -0.0228. The number of fused-ring (bicyclic) bond motifs is 1. The first kappa shape index (κ1) is 13.5. The highest BCUT2D eigenvalue weighted by atomic mass is 16.6. The largest absolute Gasteiger partial charge is 0.394 e. The van der Waals surface area contributed by atoms with Gasteiger partial charge in [-0.2, -0.15) is 0 Å². The number of rotatable bonds is 2. The lowest BCUT2D eigenvalue weighted by Crippen LogP contribution is -2.32. The third-order valence-electron chi connectivity index (χ3n) is 3.98. The Morgan fingerprint density at radius 3 is 2.30 bits per heavy atom. The van der Waals surface area contributed by atoms with E-state index in [1.165, 1.54) is 0 Å². The van der Waals surface area contributed by atoms with Crippen molar-refractivity contribution in [3.63, 3.8) is 0 Å². The number of ether oxygens (including phenoxy) is 1. The fraction of sp³-hybridized carbons (Fsp3) is 0.375. The summed E-state index contributed by atoms with van der Waals surface area (Å²) >= 11 is 0. The minimum absolute atomic E-state index is 0.304. The molecule has 1 fully saturated rings. The average Bonchev–Trinajstić information content (AvgIpc) is 2.74. The Labute approximate surface area is 117 Å².